The zero-order chi connectivity index (χ0) is 17.5. The zero-order valence-corrected chi connectivity index (χ0v) is 19.4. The van der Waals surface area contributed by atoms with Crippen LogP contribution in [0.25, 0.3) is 0 Å². The number of anilines is 2. The van der Waals surface area contributed by atoms with Gasteiger partial charge in [0.05, 0.1) is 0 Å². The van der Waals surface area contributed by atoms with Gasteiger partial charge in [0, 0.05) is 37.6 Å². The van der Waals surface area contributed by atoms with Crippen LogP contribution in [0.2, 0.25) is 0 Å². The van der Waals surface area contributed by atoms with Gasteiger partial charge in [0.1, 0.15) is 0 Å². The largest absolute Gasteiger partial charge is 2.00 e. The maximum Gasteiger partial charge on any atom is 2.00 e. The Morgan fingerprint density at radius 1 is 0.667 bits per heavy atom. The molecule has 0 aliphatic rings. The third-order valence-corrected chi connectivity index (χ3v) is 4.55. The van der Waals surface area contributed by atoms with Crippen LogP contribution in [0.1, 0.15) is 22.3 Å². The number of hydrogen-bond donors (Lipinski definition) is 2. The van der Waals surface area contributed by atoms with E-state index in [1.54, 1.807) is 0 Å². The predicted octanol–water partition coefficient (Wildman–Crippen LogP) is -1.62. The molecule has 2 aromatic rings. The van der Waals surface area contributed by atoms with Gasteiger partial charge in [0.15, 0.2) is 0 Å². The smallest absolute Gasteiger partial charge is 1.00 e. The van der Waals surface area contributed by atoms with E-state index in [0.717, 1.165) is 26.2 Å². The third kappa shape index (κ3) is 8.75. The summed E-state index contributed by atoms with van der Waals surface area (Å²) in [5.41, 5.74) is 7.81. The number of nitrogens with zero attached hydrogens (tertiary/aromatic N) is 1. The summed E-state index contributed by atoms with van der Waals surface area (Å²) < 4.78 is 0. The predicted molar refractivity (Wildman–Crippen MR) is 106 cm³/mol. The molecule has 6 heteroatoms. The molecule has 0 spiro atoms. The molecule has 3 nitrogen and oxygen atoms in total. The van der Waals surface area contributed by atoms with E-state index in [9.17, 15) is 0 Å². The van der Waals surface area contributed by atoms with Gasteiger partial charge in [-0.05, 0) is 57.0 Å². The van der Waals surface area contributed by atoms with Crippen LogP contribution in [0, 0.1) is 27.7 Å². The summed E-state index contributed by atoms with van der Waals surface area (Å²) in [5.74, 6) is 0. The minimum atomic E-state index is 0. The summed E-state index contributed by atoms with van der Waals surface area (Å²) >= 11 is 0. The van der Waals surface area contributed by atoms with Crippen LogP contribution in [0.3, 0.4) is 0 Å². The van der Waals surface area contributed by atoms with Crippen LogP contribution < -0.4 is 35.4 Å². The van der Waals surface area contributed by atoms with Gasteiger partial charge in [0.2, 0.25) is 0 Å². The van der Waals surface area contributed by atoms with E-state index in [0.29, 0.717) is 0 Å². The van der Waals surface area contributed by atoms with Crippen molar-refractivity contribution in [1.82, 2.24) is 4.90 Å². The van der Waals surface area contributed by atoms with Gasteiger partial charge < -0.3 is 40.3 Å². The Morgan fingerprint density at radius 3 is 1.26 bits per heavy atom. The number of rotatable bonds is 8. The molecule has 0 aromatic heterocycles. The van der Waals surface area contributed by atoms with Crippen molar-refractivity contribution in [2.45, 2.75) is 27.7 Å². The van der Waals surface area contributed by atoms with E-state index in [1.807, 2.05) is 0 Å². The molecular formula is C21H31Cl2CoN3. The molecule has 0 bridgehead atoms. The number of para-hydroxylation sites is 2. The Morgan fingerprint density at radius 2 is 0.963 bits per heavy atom. The molecule has 0 saturated heterocycles. The molecule has 0 atom stereocenters. The first-order valence-electron chi connectivity index (χ1n) is 8.77. The van der Waals surface area contributed by atoms with Gasteiger partial charge in [-0.25, -0.2) is 0 Å². The first kappa shape index (κ1) is 28.3. The van der Waals surface area contributed by atoms with Crippen molar-refractivity contribution < 1.29 is 41.6 Å². The molecule has 0 unspecified atom stereocenters. The summed E-state index contributed by atoms with van der Waals surface area (Å²) in [6, 6.07) is 12.9. The maximum absolute atomic E-state index is 3.58. The normalized spacial score (nSPS) is 9.70. The average molecular weight is 455 g/mol. The van der Waals surface area contributed by atoms with Gasteiger partial charge in [-0.15, -0.1) is 0 Å². The monoisotopic (exact) mass is 454 g/mol. The number of benzene rings is 2. The third-order valence-electron chi connectivity index (χ3n) is 4.55. The van der Waals surface area contributed by atoms with Crippen LogP contribution in [0.4, 0.5) is 11.4 Å². The van der Waals surface area contributed by atoms with Crippen molar-refractivity contribution in [2.75, 3.05) is 43.9 Å². The Kier molecular flexibility index (Phi) is 14.8. The van der Waals surface area contributed by atoms with Crippen LogP contribution in [0.15, 0.2) is 36.4 Å². The molecule has 2 N–H and O–H groups in total. The molecule has 2 rings (SSSR count). The fourth-order valence-electron chi connectivity index (χ4n) is 3.04. The van der Waals surface area contributed by atoms with Gasteiger partial charge in [-0.3, -0.25) is 0 Å². The van der Waals surface area contributed by atoms with Crippen LogP contribution >= 0.6 is 0 Å². The minimum absolute atomic E-state index is 0. The summed E-state index contributed by atoms with van der Waals surface area (Å²) in [4.78, 5) is 2.36. The second-order valence-corrected chi connectivity index (χ2v) is 6.69. The van der Waals surface area contributed by atoms with Crippen molar-refractivity contribution in [1.29, 1.82) is 0 Å². The second-order valence-electron chi connectivity index (χ2n) is 6.69. The summed E-state index contributed by atoms with van der Waals surface area (Å²) in [7, 11) is 2.18. The molecule has 27 heavy (non-hydrogen) atoms. The molecule has 0 aliphatic heterocycles. The molecule has 1 radical (unpaired) electrons. The molecular weight excluding hydrogens is 424 g/mol. The van der Waals surface area contributed by atoms with Gasteiger partial charge in [-0.1, -0.05) is 36.4 Å². The van der Waals surface area contributed by atoms with E-state index in [1.165, 1.54) is 33.6 Å². The number of hydrogen-bond acceptors (Lipinski definition) is 3. The van der Waals surface area contributed by atoms with E-state index < -0.39 is 0 Å². The van der Waals surface area contributed by atoms with Crippen LogP contribution in [-0.4, -0.2) is 38.1 Å². The number of aryl methyl sites for hydroxylation is 4. The van der Waals surface area contributed by atoms with Crippen molar-refractivity contribution in [3.8, 4) is 0 Å². The standard InChI is InChI=1S/C21H31N3.2ClH.Co/c1-16-8-6-9-17(2)20(16)22-12-14-24(5)15-13-23-21-18(3)10-7-11-19(21)4;;;/h6-11,22-23H,12-15H2,1-5H3;2*1H;/q;;;+2/p-2. The number of halogens is 2. The SMILES string of the molecule is Cc1cccc(C)c1NCCN(C)CCNc1c(C)cccc1C.[Cl-].[Cl-].[Co+2]. The Labute approximate surface area is 187 Å². The summed E-state index contributed by atoms with van der Waals surface area (Å²) in [6.45, 7) is 12.6. The average Bonchev–Trinajstić information content (AvgIpc) is 2.53. The van der Waals surface area contributed by atoms with Gasteiger partial charge >= 0.3 is 16.8 Å². The topological polar surface area (TPSA) is 27.3 Å². The Bertz CT molecular complexity index is 582. The van der Waals surface area contributed by atoms with E-state index in [-0.39, 0.29) is 41.6 Å². The van der Waals surface area contributed by atoms with Crippen LogP contribution in [0.5, 0.6) is 0 Å². The van der Waals surface area contributed by atoms with Crippen molar-refractivity contribution >= 4 is 11.4 Å². The van der Waals surface area contributed by atoms with E-state index >= 15 is 0 Å². The number of nitrogens with one attached hydrogen (secondary N) is 2. The molecule has 153 valence electrons. The van der Waals surface area contributed by atoms with E-state index in [2.05, 4.69) is 86.7 Å². The molecule has 0 fully saturated rings. The summed E-state index contributed by atoms with van der Waals surface area (Å²) in [5, 5.41) is 7.15. The first-order valence-corrected chi connectivity index (χ1v) is 8.77. The van der Waals surface area contributed by atoms with Gasteiger partial charge in [-0.2, -0.15) is 0 Å². The van der Waals surface area contributed by atoms with Crippen molar-refractivity contribution in [3.05, 3.63) is 58.7 Å². The number of likely N-dealkylation sites (N-methyl/N-ethyl adjacent to an activating group) is 1. The fraction of sp³-hybridized carbons (Fsp3) is 0.429. The first-order chi connectivity index (χ1) is 11.5. The Balaban J connectivity index is 0. The zero-order valence-electron chi connectivity index (χ0n) is 16.8. The van der Waals surface area contributed by atoms with Crippen LogP contribution in [-0.2, 0) is 16.8 Å². The summed E-state index contributed by atoms with van der Waals surface area (Å²) in [6.07, 6.45) is 0. The Hall–Kier alpha value is -0.914. The minimum Gasteiger partial charge on any atom is -1.00 e. The molecule has 0 heterocycles. The van der Waals surface area contributed by atoms with Gasteiger partial charge in [0.25, 0.3) is 0 Å². The second kappa shape index (κ2) is 14.1. The molecule has 0 amide bonds. The van der Waals surface area contributed by atoms with Crippen molar-refractivity contribution in [2.24, 2.45) is 0 Å². The molecule has 0 aliphatic carbocycles. The fourth-order valence-corrected chi connectivity index (χ4v) is 3.04. The molecule has 2 aromatic carbocycles. The quantitative estimate of drug-likeness (QED) is 0.502. The van der Waals surface area contributed by atoms with Crippen molar-refractivity contribution in [3.63, 3.8) is 0 Å². The maximum atomic E-state index is 3.58. The molecule has 0 saturated carbocycles. The van der Waals surface area contributed by atoms with E-state index in [4.69, 9.17) is 0 Å².